The molecule has 92 valence electrons. The van der Waals surface area contributed by atoms with Crippen LogP contribution in [0.3, 0.4) is 0 Å². The monoisotopic (exact) mass is 250 g/mol. The second kappa shape index (κ2) is 4.56. The lowest BCUT2D eigenvalue weighted by molar-refractivity contribution is 0.799. The van der Waals surface area contributed by atoms with E-state index in [2.05, 4.69) is 43.0 Å². The summed E-state index contributed by atoms with van der Waals surface area (Å²) in [7, 11) is 0. The average molecular weight is 250 g/mol. The Morgan fingerprint density at radius 1 is 1.41 bits per heavy atom. The van der Waals surface area contributed by atoms with Gasteiger partial charge in [-0.05, 0) is 6.92 Å². The predicted molar refractivity (Wildman–Crippen MR) is 72.8 cm³/mol. The van der Waals surface area contributed by atoms with Crippen molar-refractivity contribution in [2.45, 2.75) is 37.5 Å². The highest BCUT2D eigenvalue weighted by molar-refractivity contribution is 8.00. The number of thioether (sulfide) groups is 1. The van der Waals surface area contributed by atoms with Gasteiger partial charge in [-0.2, -0.15) is 0 Å². The van der Waals surface area contributed by atoms with Crippen LogP contribution < -0.4 is 5.32 Å². The second-order valence-electron chi connectivity index (χ2n) is 4.83. The lowest BCUT2D eigenvalue weighted by Crippen LogP contribution is -2.09. The average Bonchev–Trinajstić information content (AvgIpc) is 2.63. The summed E-state index contributed by atoms with van der Waals surface area (Å²) < 4.78 is 2.14. The van der Waals surface area contributed by atoms with Crippen molar-refractivity contribution < 1.29 is 0 Å². The summed E-state index contributed by atoms with van der Waals surface area (Å²) in [5.74, 6) is 0.893. The van der Waals surface area contributed by atoms with E-state index >= 15 is 0 Å². The molecule has 1 N–H and O–H groups in total. The third-order valence-electron chi connectivity index (χ3n) is 2.10. The normalized spacial score (nSPS) is 12.0. The summed E-state index contributed by atoms with van der Waals surface area (Å²) in [6.45, 7) is 9.47. The van der Waals surface area contributed by atoms with Crippen molar-refractivity contribution in [3.8, 4) is 0 Å². The molecule has 4 nitrogen and oxygen atoms in total. The molecule has 0 amide bonds. The van der Waals surface area contributed by atoms with Crippen LogP contribution in [0.25, 0.3) is 5.65 Å². The molecular weight excluding hydrogens is 232 g/mol. The van der Waals surface area contributed by atoms with Gasteiger partial charge >= 0.3 is 0 Å². The number of nitrogens with one attached hydrogen (secondary N) is 1. The van der Waals surface area contributed by atoms with Crippen LogP contribution in [0, 0.1) is 0 Å². The number of imidazole rings is 1. The van der Waals surface area contributed by atoms with Gasteiger partial charge in [0.25, 0.3) is 0 Å². The van der Waals surface area contributed by atoms with Gasteiger partial charge in [-0.1, -0.05) is 32.5 Å². The van der Waals surface area contributed by atoms with Crippen LogP contribution >= 0.6 is 11.8 Å². The van der Waals surface area contributed by atoms with E-state index in [0.717, 1.165) is 23.0 Å². The molecule has 5 heteroatoms. The SMILES string of the molecule is CCNc1cn2ccnc2c(SC(C)(C)C)n1. The fourth-order valence-electron chi connectivity index (χ4n) is 1.53. The van der Waals surface area contributed by atoms with E-state index in [1.54, 1.807) is 18.0 Å². The Morgan fingerprint density at radius 3 is 2.82 bits per heavy atom. The maximum atomic E-state index is 4.62. The molecule has 17 heavy (non-hydrogen) atoms. The first-order valence-electron chi connectivity index (χ1n) is 5.76. The molecule has 0 unspecified atom stereocenters. The molecule has 0 aromatic carbocycles. The molecule has 2 aromatic rings. The Labute approximate surface area is 106 Å². The molecule has 2 aromatic heterocycles. The fraction of sp³-hybridized carbons (Fsp3) is 0.500. The molecule has 2 rings (SSSR count). The van der Waals surface area contributed by atoms with E-state index in [4.69, 9.17) is 0 Å². The lowest BCUT2D eigenvalue weighted by Gasteiger charge is -2.17. The van der Waals surface area contributed by atoms with Crippen molar-refractivity contribution in [3.63, 3.8) is 0 Å². The molecule has 0 aliphatic rings. The Kier molecular flexibility index (Phi) is 3.28. The minimum atomic E-state index is 0.129. The van der Waals surface area contributed by atoms with Crippen molar-refractivity contribution in [2.75, 3.05) is 11.9 Å². The quantitative estimate of drug-likeness (QED) is 0.850. The maximum absolute atomic E-state index is 4.62. The third kappa shape index (κ3) is 2.91. The van der Waals surface area contributed by atoms with E-state index < -0.39 is 0 Å². The molecule has 0 radical (unpaired) electrons. The van der Waals surface area contributed by atoms with Crippen molar-refractivity contribution in [1.82, 2.24) is 14.4 Å². The minimum absolute atomic E-state index is 0.129. The Morgan fingerprint density at radius 2 is 2.18 bits per heavy atom. The largest absolute Gasteiger partial charge is 0.369 e. The summed E-state index contributed by atoms with van der Waals surface area (Å²) >= 11 is 1.74. The van der Waals surface area contributed by atoms with Crippen LogP contribution in [0.1, 0.15) is 27.7 Å². The number of hydrogen-bond acceptors (Lipinski definition) is 4. The van der Waals surface area contributed by atoms with Crippen LogP contribution in [-0.4, -0.2) is 25.7 Å². The van der Waals surface area contributed by atoms with Gasteiger partial charge in [0, 0.05) is 23.7 Å². The molecule has 2 heterocycles. The molecular formula is C12H18N4S. The predicted octanol–water partition coefficient (Wildman–Crippen LogP) is 3.05. The number of hydrogen-bond donors (Lipinski definition) is 1. The van der Waals surface area contributed by atoms with Crippen molar-refractivity contribution in [3.05, 3.63) is 18.6 Å². The summed E-state index contributed by atoms with van der Waals surface area (Å²) in [5.41, 5.74) is 0.923. The number of fused-ring (bicyclic) bond motifs is 1. The molecule has 0 saturated heterocycles. The first-order chi connectivity index (χ1) is 7.99. The van der Waals surface area contributed by atoms with Gasteiger partial charge < -0.3 is 9.72 Å². The van der Waals surface area contributed by atoms with Crippen molar-refractivity contribution in [2.24, 2.45) is 0 Å². The van der Waals surface area contributed by atoms with E-state index in [0.29, 0.717) is 0 Å². The van der Waals surface area contributed by atoms with E-state index in [1.165, 1.54) is 0 Å². The van der Waals surface area contributed by atoms with Gasteiger partial charge in [-0.25, -0.2) is 9.97 Å². The lowest BCUT2D eigenvalue weighted by atomic mass is 10.3. The molecule has 0 spiro atoms. The topological polar surface area (TPSA) is 42.2 Å². The van der Waals surface area contributed by atoms with E-state index in [-0.39, 0.29) is 4.75 Å². The smallest absolute Gasteiger partial charge is 0.169 e. The number of anilines is 1. The standard InChI is InChI=1S/C12H18N4S/c1-5-13-9-8-16-7-6-14-10(16)11(15-9)17-12(2,3)4/h6-8,13H,5H2,1-4H3. The molecule has 0 bridgehead atoms. The first kappa shape index (κ1) is 12.2. The van der Waals surface area contributed by atoms with Crippen molar-refractivity contribution >= 4 is 23.2 Å². The van der Waals surface area contributed by atoms with E-state index in [1.807, 2.05) is 16.8 Å². The molecule has 0 aliphatic heterocycles. The highest BCUT2D eigenvalue weighted by atomic mass is 32.2. The zero-order valence-corrected chi connectivity index (χ0v) is 11.5. The Balaban J connectivity index is 2.47. The van der Waals surface area contributed by atoms with E-state index in [9.17, 15) is 0 Å². The zero-order chi connectivity index (χ0) is 12.5. The summed E-state index contributed by atoms with van der Waals surface area (Å²) in [6.07, 6.45) is 5.72. The number of aromatic nitrogens is 3. The van der Waals surface area contributed by atoms with Crippen LogP contribution in [0.15, 0.2) is 23.6 Å². The molecule has 0 fully saturated rings. The minimum Gasteiger partial charge on any atom is -0.369 e. The number of rotatable bonds is 3. The van der Waals surface area contributed by atoms with Crippen molar-refractivity contribution in [1.29, 1.82) is 0 Å². The Hall–Kier alpha value is -1.23. The van der Waals surface area contributed by atoms with Crippen LogP contribution in [0.4, 0.5) is 5.82 Å². The van der Waals surface area contributed by atoms with Crippen LogP contribution in [0.2, 0.25) is 0 Å². The zero-order valence-electron chi connectivity index (χ0n) is 10.7. The van der Waals surface area contributed by atoms with Gasteiger partial charge in [-0.3, -0.25) is 0 Å². The fourth-order valence-corrected chi connectivity index (χ4v) is 2.50. The third-order valence-corrected chi connectivity index (χ3v) is 3.18. The maximum Gasteiger partial charge on any atom is 0.169 e. The molecule has 0 aliphatic carbocycles. The highest BCUT2D eigenvalue weighted by Crippen LogP contribution is 2.33. The van der Waals surface area contributed by atoms with Gasteiger partial charge in [0.05, 0.1) is 6.20 Å². The molecule has 0 atom stereocenters. The van der Waals surface area contributed by atoms with Crippen LogP contribution in [0.5, 0.6) is 0 Å². The highest BCUT2D eigenvalue weighted by Gasteiger charge is 2.17. The molecule has 0 saturated carbocycles. The van der Waals surface area contributed by atoms with Gasteiger partial charge in [0.2, 0.25) is 0 Å². The second-order valence-corrected chi connectivity index (χ2v) is 6.65. The van der Waals surface area contributed by atoms with Gasteiger partial charge in [0.15, 0.2) is 5.65 Å². The summed E-state index contributed by atoms with van der Waals surface area (Å²) in [4.78, 5) is 8.97. The van der Waals surface area contributed by atoms with Gasteiger partial charge in [0.1, 0.15) is 10.8 Å². The first-order valence-corrected chi connectivity index (χ1v) is 6.58. The summed E-state index contributed by atoms with van der Waals surface area (Å²) in [5, 5.41) is 4.22. The number of nitrogens with zero attached hydrogens (tertiary/aromatic N) is 3. The van der Waals surface area contributed by atoms with Crippen LogP contribution in [-0.2, 0) is 0 Å². The summed E-state index contributed by atoms with van der Waals surface area (Å²) in [6, 6.07) is 0. The Bertz CT molecular complexity index is 513. The van der Waals surface area contributed by atoms with Gasteiger partial charge in [-0.15, -0.1) is 0 Å².